The Balaban J connectivity index is 1.82. The molecule has 10 heteroatoms. The predicted octanol–water partition coefficient (Wildman–Crippen LogP) is 4.29. The molecule has 1 fully saturated rings. The average molecular weight is 476 g/mol. The van der Waals surface area contributed by atoms with Crippen LogP contribution in [0.15, 0.2) is 34.9 Å². The number of nitrogens with zero attached hydrogens (tertiary/aromatic N) is 3. The first-order valence-electron chi connectivity index (χ1n) is 7.83. The lowest BCUT2D eigenvalue weighted by molar-refractivity contribution is 0.599. The molecule has 0 amide bonds. The quantitative estimate of drug-likeness (QED) is 0.558. The van der Waals surface area contributed by atoms with E-state index in [1.165, 1.54) is 4.52 Å². The van der Waals surface area contributed by atoms with Gasteiger partial charge in [-0.05, 0) is 30.5 Å². The van der Waals surface area contributed by atoms with Gasteiger partial charge in [-0.1, -0.05) is 45.2 Å². The Morgan fingerprint density at radius 1 is 1.27 bits per heavy atom. The molecule has 0 aliphatic heterocycles. The van der Waals surface area contributed by atoms with Crippen molar-refractivity contribution in [1.82, 2.24) is 14.6 Å². The van der Waals surface area contributed by atoms with Crippen LogP contribution in [-0.2, 0) is 16.4 Å². The van der Waals surface area contributed by atoms with Gasteiger partial charge in [0.1, 0.15) is 11.0 Å². The number of anilines is 1. The highest BCUT2D eigenvalue weighted by molar-refractivity contribution is 9.10. The van der Waals surface area contributed by atoms with Crippen LogP contribution >= 0.6 is 39.1 Å². The molecule has 6 nitrogen and oxygen atoms in total. The van der Waals surface area contributed by atoms with Gasteiger partial charge in [-0.15, -0.1) is 0 Å². The Kier molecular flexibility index (Phi) is 4.63. The van der Waals surface area contributed by atoms with Crippen LogP contribution in [0.25, 0.3) is 5.65 Å². The highest BCUT2D eigenvalue weighted by Crippen LogP contribution is 2.34. The van der Waals surface area contributed by atoms with E-state index in [2.05, 4.69) is 30.7 Å². The van der Waals surface area contributed by atoms with Crippen LogP contribution in [0, 0.1) is 0 Å². The lowest BCUT2D eigenvalue weighted by atomic mass is 10.1. The number of hydrogen-bond donors (Lipinski definition) is 1. The van der Waals surface area contributed by atoms with E-state index in [-0.39, 0.29) is 11.1 Å². The highest BCUT2D eigenvalue weighted by Gasteiger charge is 2.36. The van der Waals surface area contributed by atoms with Gasteiger partial charge < -0.3 is 0 Å². The molecule has 26 heavy (non-hydrogen) atoms. The van der Waals surface area contributed by atoms with Crippen molar-refractivity contribution < 1.29 is 8.42 Å². The summed E-state index contributed by atoms with van der Waals surface area (Å²) in [5.74, 6) is 0.217. The van der Waals surface area contributed by atoms with E-state index < -0.39 is 10.0 Å². The van der Waals surface area contributed by atoms with Crippen molar-refractivity contribution >= 4 is 60.6 Å². The van der Waals surface area contributed by atoms with E-state index in [4.69, 9.17) is 23.2 Å². The molecule has 0 bridgehead atoms. The molecule has 2 heterocycles. The zero-order valence-electron chi connectivity index (χ0n) is 13.3. The molecule has 4 rings (SSSR count). The fraction of sp³-hybridized carbons (Fsp3) is 0.250. The first-order valence-corrected chi connectivity index (χ1v) is 10.9. The van der Waals surface area contributed by atoms with E-state index in [0.29, 0.717) is 40.6 Å². The molecule has 3 aromatic rings. The standard InChI is InChI=1S/C16H13BrCl2N4O2S/c17-10-2-1-9(13(18)8-10)7-12-15(19)23-14(5-6-20-23)21-16(12)22-26(24,25)11-3-4-11/h1-2,5-6,8,11H,3-4,7H2,(H,21,22). The number of halogens is 3. The summed E-state index contributed by atoms with van der Waals surface area (Å²) in [4.78, 5) is 4.41. The summed E-state index contributed by atoms with van der Waals surface area (Å²) < 4.78 is 29.8. The van der Waals surface area contributed by atoms with Crippen LogP contribution in [-0.4, -0.2) is 28.3 Å². The maximum absolute atomic E-state index is 12.4. The summed E-state index contributed by atoms with van der Waals surface area (Å²) in [6.07, 6.45) is 3.19. The maximum Gasteiger partial charge on any atom is 0.236 e. The molecule has 1 aliphatic rings. The van der Waals surface area contributed by atoms with Crippen LogP contribution in [0.3, 0.4) is 0 Å². The summed E-state index contributed by atoms with van der Waals surface area (Å²) in [6.45, 7) is 0. The van der Waals surface area contributed by atoms with Crippen LogP contribution in [0.1, 0.15) is 24.0 Å². The van der Waals surface area contributed by atoms with Gasteiger partial charge in [-0.25, -0.2) is 17.9 Å². The van der Waals surface area contributed by atoms with Crippen molar-refractivity contribution in [2.45, 2.75) is 24.5 Å². The van der Waals surface area contributed by atoms with Gasteiger partial charge in [-0.2, -0.15) is 5.10 Å². The molecular weight excluding hydrogens is 463 g/mol. The van der Waals surface area contributed by atoms with Crippen molar-refractivity contribution in [1.29, 1.82) is 0 Å². The summed E-state index contributed by atoms with van der Waals surface area (Å²) in [5.41, 5.74) is 1.79. The Labute approximate surface area is 168 Å². The zero-order chi connectivity index (χ0) is 18.5. The molecule has 1 saturated carbocycles. The third-order valence-corrected chi connectivity index (χ3v) is 7.21. The van der Waals surface area contributed by atoms with Crippen molar-refractivity contribution in [3.63, 3.8) is 0 Å². The first-order chi connectivity index (χ1) is 12.3. The Morgan fingerprint density at radius 2 is 2.04 bits per heavy atom. The topological polar surface area (TPSA) is 76.4 Å². The minimum atomic E-state index is -3.48. The van der Waals surface area contributed by atoms with Gasteiger partial charge >= 0.3 is 0 Å². The predicted molar refractivity (Wildman–Crippen MR) is 106 cm³/mol. The summed E-state index contributed by atoms with van der Waals surface area (Å²) in [7, 11) is -3.48. The lowest BCUT2D eigenvalue weighted by Gasteiger charge is -2.15. The maximum atomic E-state index is 12.4. The third-order valence-electron chi connectivity index (χ3n) is 4.15. The van der Waals surface area contributed by atoms with Crippen LogP contribution in [0.2, 0.25) is 10.2 Å². The van der Waals surface area contributed by atoms with Crippen LogP contribution < -0.4 is 4.72 Å². The van der Waals surface area contributed by atoms with Gasteiger partial charge in [0.25, 0.3) is 0 Å². The second-order valence-electron chi connectivity index (χ2n) is 6.09. The molecule has 2 aromatic heterocycles. The molecule has 0 saturated heterocycles. The van der Waals surface area contributed by atoms with Gasteiger partial charge in [0.15, 0.2) is 5.65 Å². The summed E-state index contributed by atoms with van der Waals surface area (Å²) in [5, 5.41) is 4.63. The van der Waals surface area contributed by atoms with Gasteiger partial charge in [0.2, 0.25) is 10.0 Å². The van der Waals surface area contributed by atoms with E-state index in [9.17, 15) is 8.42 Å². The molecule has 1 aromatic carbocycles. The van der Waals surface area contributed by atoms with Crippen LogP contribution in [0.4, 0.5) is 5.82 Å². The van der Waals surface area contributed by atoms with Crippen molar-refractivity contribution in [2.75, 3.05) is 4.72 Å². The largest absolute Gasteiger partial charge is 0.267 e. The lowest BCUT2D eigenvalue weighted by Crippen LogP contribution is -2.20. The van der Waals surface area contributed by atoms with E-state index in [0.717, 1.165) is 10.0 Å². The van der Waals surface area contributed by atoms with Crippen molar-refractivity contribution in [2.24, 2.45) is 0 Å². The Hall–Kier alpha value is -1.35. The van der Waals surface area contributed by atoms with Crippen molar-refractivity contribution in [3.05, 3.63) is 56.2 Å². The number of aromatic nitrogens is 3. The monoisotopic (exact) mass is 474 g/mol. The number of benzene rings is 1. The third kappa shape index (κ3) is 3.43. The molecule has 0 spiro atoms. The highest BCUT2D eigenvalue weighted by atomic mass is 79.9. The Bertz CT molecular complexity index is 1110. The molecule has 1 aliphatic carbocycles. The van der Waals surface area contributed by atoms with E-state index in [1.807, 2.05) is 12.1 Å². The minimum Gasteiger partial charge on any atom is -0.267 e. The molecular formula is C16H13BrCl2N4O2S. The van der Waals surface area contributed by atoms with E-state index in [1.54, 1.807) is 18.3 Å². The molecule has 0 atom stereocenters. The Morgan fingerprint density at radius 3 is 2.73 bits per heavy atom. The number of hydrogen-bond acceptors (Lipinski definition) is 4. The minimum absolute atomic E-state index is 0.217. The van der Waals surface area contributed by atoms with Gasteiger partial charge in [0, 0.05) is 27.5 Å². The number of nitrogens with one attached hydrogen (secondary N) is 1. The first kappa shape index (κ1) is 18.0. The molecule has 1 N–H and O–H groups in total. The van der Waals surface area contributed by atoms with Crippen LogP contribution in [0.5, 0.6) is 0 Å². The molecule has 136 valence electrons. The summed E-state index contributed by atoms with van der Waals surface area (Å²) in [6, 6.07) is 7.16. The second-order valence-corrected chi connectivity index (χ2v) is 9.73. The molecule has 0 unspecified atom stereocenters. The molecule has 0 radical (unpaired) electrons. The average Bonchev–Trinajstić information content (AvgIpc) is 3.33. The SMILES string of the molecule is O=S(=O)(Nc1nc2ccnn2c(Cl)c1Cc1ccc(Br)cc1Cl)C1CC1. The normalized spacial score (nSPS) is 14.7. The fourth-order valence-corrected chi connectivity index (χ4v) is 5.02. The van der Waals surface area contributed by atoms with Gasteiger partial charge in [0.05, 0.1) is 11.4 Å². The summed E-state index contributed by atoms with van der Waals surface area (Å²) >= 11 is 16.2. The van der Waals surface area contributed by atoms with Gasteiger partial charge in [-0.3, -0.25) is 4.72 Å². The smallest absolute Gasteiger partial charge is 0.236 e. The van der Waals surface area contributed by atoms with Crippen molar-refractivity contribution in [3.8, 4) is 0 Å². The second kappa shape index (κ2) is 6.67. The number of rotatable bonds is 5. The number of sulfonamides is 1. The zero-order valence-corrected chi connectivity index (χ0v) is 17.2. The van der Waals surface area contributed by atoms with E-state index >= 15 is 0 Å². The fourth-order valence-electron chi connectivity index (χ4n) is 2.63. The number of fused-ring (bicyclic) bond motifs is 1.